The van der Waals surface area contributed by atoms with E-state index in [2.05, 4.69) is 44.7 Å². The molecule has 8 nitrogen and oxygen atoms in total. The lowest BCUT2D eigenvalue weighted by molar-refractivity contribution is -0.115. The lowest BCUT2D eigenvalue weighted by Crippen LogP contribution is -2.28. The van der Waals surface area contributed by atoms with E-state index in [4.69, 9.17) is 4.98 Å². The van der Waals surface area contributed by atoms with Gasteiger partial charge in [0, 0.05) is 29.9 Å². The van der Waals surface area contributed by atoms with Gasteiger partial charge in [-0.25, -0.2) is 9.37 Å². The first kappa shape index (κ1) is 27.6. The molecule has 2 N–H and O–H groups in total. The van der Waals surface area contributed by atoms with Crippen LogP contribution in [0.15, 0.2) is 84.9 Å². The molecule has 0 saturated heterocycles. The second kappa shape index (κ2) is 12.5. The molecular formula is C32H32FN7O. The zero-order valence-corrected chi connectivity index (χ0v) is 23.3. The number of carbonyl (C=O) groups is 1. The van der Waals surface area contributed by atoms with Crippen molar-refractivity contribution in [2.75, 3.05) is 16.8 Å². The SMILES string of the molecule is Cc1ccc(NC(=O)Cc2cc(-c3ccccc3-c3nn[nH]n3)nc(N(Cc3ccc(F)cc3)CC(C)C)c2)cc1. The summed E-state index contributed by atoms with van der Waals surface area (Å²) >= 11 is 0. The van der Waals surface area contributed by atoms with Gasteiger partial charge in [-0.3, -0.25) is 4.79 Å². The summed E-state index contributed by atoms with van der Waals surface area (Å²) in [5.41, 5.74) is 5.93. The first-order chi connectivity index (χ1) is 19.8. The maximum absolute atomic E-state index is 13.6. The number of aryl methyl sites for hydroxylation is 1. The van der Waals surface area contributed by atoms with E-state index in [1.165, 1.54) is 12.1 Å². The Morgan fingerprint density at radius 1 is 0.951 bits per heavy atom. The van der Waals surface area contributed by atoms with Gasteiger partial charge in [0.05, 0.1) is 12.1 Å². The van der Waals surface area contributed by atoms with Gasteiger partial charge in [0.15, 0.2) is 0 Å². The number of aromatic nitrogens is 5. The topological polar surface area (TPSA) is 99.7 Å². The van der Waals surface area contributed by atoms with Crippen molar-refractivity contribution in [2.45, 2.75) is 33.7 Å². The number of H-pyrrole nitrogens is 1. The van der Waals surface area contributed by atoms with Gasteiger partial charge < -0.3 is 10.2 Å². The average molecular weight is 550 g/mol. The first-order valence-corrected chi connectivity index (χ1v) is 13.5. The monoisotopic (exact) mass is 549 g/mol. The molecule has 0 aliphatic heterocycles. The van der Waals surface area contributed by atoms with E-state index >= 15 is 0 Å². The standard InChI is InChI=1S/C32H32FN7O/c1-21(2)19-40(20-23-10-12-25(33)13-11-23)30-17-24(18-31(41)34-26-14-8-22(3)9-15-26)16-29(35-30)27-6-4-5-7-28(27)32-36-38-39-37-32/h4-17,21H,18-20H2,1-3H3,(H,34,41)(H,36,37,38,39). The van der Waals surface area contributed by atoms with Crippen LogP contribution in [0.3, 0.4) is 0 Å². The number of tetrazole rings is 1. The molecule has 0 fully saturated rings. The number of anilines is 2. The molecule has 0 atom stereocenters. The highest BCUT2D eigenvalue weighted by molar-refractivity contribution is 5.92. The Balaban J connectivity index is 1.55. The fourth-order valence-electron chi connectivity index (χ4n) is 4.67. The van der Waals surface area contributed by atoms with Crippen molar-refractivity contribution >= 4 is 17.4 Å². The van der Waals surface area contributed by atoms with Crippen molar-refractivity contribution in [2.24, 2.45) is 5.92 Å². The van der Waals surface area contributed by atoms with E-state index in [1.807, 2.05) is 67.6 Å². The van der Waals surface area contributed by atoms with E-state index in [-0.39, 0.29) is 18.1 Å². The zero-order chi connectivity index (χ0) is 28.8. The maximum Gasteiger partial charge on any atom is 0.228 e. The van der Waals surface area contributed by atoms with Crippen LogP contribution in [0.25, 0.3) is 22.6 Å². The molecule has 0 unspecified atom stereocenters. The van der Waals surface area contributed by atoms with Gasteiger partial charge >= 0.3 is 0 Å². The minimum atomic E-state index is -0.274. The van der Waals surface area contributed by atoms with Gasteiger partial charge in [0.2, 0.25) is 11.7 Å². The van der Waals surface area contributed by atoms with Crippen LogP contribution >= 0.6 is 0 Å². The summed E-state index contributed by atoms with van der Waals surface area (Å²) in [5.74, 6) is 1.11. The van der Waals surface area contributed by atoms with Crippen molar-refractivity contribution in [1.82, 2.24) is 25.6 Å². The van der Waals surface area contributed by atoms with Crippen molar-refractivity contribution in [1.29, 1.82) is 0 Å². The number of nitrogens with one attached hydrogen (secondary N) is 2. The van der Waals surface area contributed by atoms with E-state index < -0.39 is 0 Å². The molecule has 41 heavy (non-hydrogen) atoms. The fourth-order valence-corrected chi connectivity index (χ4v) is 4.67. The lowest BCUT2D eigenvalue weighted by atomic mass is 10.0. The average Bonchev–Trinajstić information content (AvgIpc) is 3.50. The highest BCUT2D eigenvalue weighted by Crippen LogP contribution is 2.31. The maximum atomic E-state index is 13.6. The molecule has 0 aliphatic carbocycles. The van der Waals surface area contributed by atoms with E-state index in [0.717, 1.165) is 45.9 Å². The van der Waals surface area contributed by atoms with Gasteiger partial charge in [-0.05, 0) is 65.6 Å². The Morgan fingerprint density at radius 2 is 1.68 bits per heavy atom. The summed E-state index contributed by atoms with van der Waals surface area (Å²) in [7, 11) is 0. The molecule has 0 saturated carbocycles. The van der Waals surface area contributed by atoms with Crippen molar-refractivity contribution < 1.29 is 9.18 Å². The molecule has 208 valence electrons. The van der Waals surface area contributed by atoms with Crippen molar-refractivity contribution in [3.8, 4) is 22.6 Å². The zero-order valence-electron chi connectivity index (χ0n) is 23.3. The number of aromatic amines is 1. The Bertz CT molecular complexity index is 1600. The van der Waals surface area contributed by atoms with E-state index in [1.54, 1.807) is 12.1 Å². The molecule has 5 aromatic rings. The Morgan fingerprint density at radius 3 is 2.37 bits per heavy atom. The number of halogens is 1. The van der Waals surface area contributed by atoms with Gasteiger partial charge in [-0.2, -0.15) is 5.21 Å². The van der Waals surface area contributed by atoms with Gasteiger partial charge in [0.1, 0.15) is 11.6 Å². The molecule has 5 rings (SSSR count). The van der Waals surface area contributed by atoms with E-state index in [9.17, 15) is 9.18 Å². The third kappa shape index (κ3) is 7.19. The molecule has 2 heterocycles. The second-order valence-corrected chi connectivity index (χ2v) is 10.5. The number of carbonyl (C=O) groups excluding carboxylic acids is 1. The number of nitrogens with zero attached hydrogens (tertiary/aromatic N) is 5. The highest BCUT2D eigenvalue weighted by Gasteiger charge is 2.18. The smallest absolute Gasteiger partial charge is 0.228 e. The van der Waals surface area contributed by atoms with E-state index in [0.29, 0.717) is 24.0 Å². The Kier molecular flexibility index (Phi) is 8.43. The predicted molar refractivity (Wildman–Crippen MR) is 159 cm³/mol. The van der Waals surface area contributed by atoms with Crippen LogP contribution in [0.5, 0.6) is 0 Å². The summed E-state index contributed by atoms with van der Waals surface area (Å²) < 4.78 is 13.6. The Hall–Kier alpha value is -4.92. The summed E-state index contributed by atoms with van der Waals surface area (Å²) in [6.45, 7) is 7.55. The minimum absolute atomic E-state index is 0.127. The molecular weight excluding hydrogens is 517 g/mol. The van der Waals surface area contributed by atoms with Crippen molar-refractivity contribution in [3.05, 3.63) is 107 Å². The quantitative estimate of drug-likeness (QED) is 0.215. The van der Waals surface area contributed by atoms with Crippen LogP contribution in [0, 0.1) is 18.7 Å². The molecule has 9 heteroatoms. The summed E-state index contributed by atoms with van der Waals surface area (Å²) in [6, 6.07) is 25.8. The number of rotatable bonds is 10. The second-order valence-electron chi connectivity index (χ2n) is 10.5. The first-order valence-electron chi connectivity index (χ1n) is 13.5. The summed E-state index contributed by atoms with van der Waals surface area (Å²) in [4.78, 5) is 20.4. The van der Waals surface area contributed by atoms with Gasteiger partial charge in [-0.15, -0.1) is 10.2 Å². The predicted octanol–water partition coefficient (Wildman–Crippen LogP) is 6.22. The van der Waals surface area contributed by atoms with Crippen LogP contribution in [-0.2, 0) is 17.8 Å². The normalized spacial score (nSPS) is 11.0. The Labute approximate surface area is 238 Å². The van der Waals surface area contributed by atoms with Gasteiger partial charge in [-0.1, -0.05) is 67.9 Å². The number of pyridine rings is 1. The highest BCUT2D eigenvalue weighted by atomic mass is 19.1. The molecule has 0 radical (unpaired) electrons. The molecule has 0 spiro atoms. The van der Waals surface area contributed by atoms with Crippen molar-refractivity contribution in [3.63, 3.8) is 0 Å². The van der Waals surface area contributed by atoms with Crippen LogP contribution in [0.4, 0.5) is 15.9 Å². The number of benzene rings is 3. The fraction of sp³-hybridized carbons (Fsp3) is 0.219. The van der Waals surface area contributed by atoms with Crippen LogP contribution in [0.2, 0.25) is 0 Å². The van der Waals surface area contributed by atoms with Crippen LogP contribution in [0.1, 0.15) is 30.5 Å². The lowest BCUT2D eigenvalue weighted by Gasteiger charge is -2.27. The third-order valence-electron chi connectivity index (χ3n) is 6.56. The van der Waals surface area contributed by atoms with Crippen LogP contribution in [-0.4, -0.2) is 38.1 Å². The summed E-state index contributed by atoms with van der Waals surface area (Å²) in [6.07, 6.45) is 0.160. The largest absolute Gasteiger partial charge is 0.352 e. The molecule has 0 aliphatic rings. The summed E-state index contributed by atoms with van der Waals surface area (Å²) in [5, 5.41) is 17.6. The van der Waals surface area contributed by atoms with Crippen LogP contribution < -0.4 is 10.2 Å². The number of amides is 1. The third-order valence-corrected chi connectivity index (χ3v) is 6.56. The molecule has 0 bridgehead atoms. The molecule has 3 aromatic carbocycles. The molecule has 2 aromatic heterocycles. The number of hydrogen-bond donors (Lipinski definition) is 2. The van der Waals surface area contributed by atoms with Gasteiger partial charge in [0.25, 0.3) is 0 Å². The molecule has 1 amide bonds. The number of hydrogen-bond acceptors (Lipinski definition) is 6. The minimum Gasteiger partial charge on any atom is -0.352 e.